The van der Waals surface area contributed by atoms with E-state index < -0.39 is 0 Å². The number of aliphatic imine (C=N–C) groups is 1. The van der Waals surface area contributed by atoms with Crippen LogP contribution in [0.2, 0.25) is 15.1 Å². The number of halogens is 3. The van der Waals surface area contributed by atoms with Gasteiger partial charge in [-0.3, -0.25) is 4.79 Å². The first-order valence-corrected chi connectivity index (χ1v) is 12.1. The van der Waals surface area contributed by atoms with Gasteiger partial charge in [-0.1, -0.05) is 46.9 Å². The van der Waals surface area contributed by atoms with Crippen molar-refractivity contribution in [3.63, 3.8) is 0 Å². The molecule has 4 nitrogen and oxygen atoms in total. The first-order chi connectivity index (χ1) is 15.1. The summed E-state index contributed by atoms with van der Waals surface area (Å²) in [7, 11) is 0. The minimum absolute atomic E-state index is 0.0939. The van der Waals surface area contributed by atoms with Gasteiger partial charge >= 0.3 is 0 Å². The summed E-state index contributed by atoms with van der Waals surface area (Å²) in [6.07, 6.45) is 4.06. The summed E-state index contributed by atoms with van der Waals surface area (Å²) in [5, 5.41) is 4.57. The van der Waals surface area contributed by atoms with Crippen LogP contribution in [0.3, 0.4) is 0 Å². The van der Waals surface area contributed by atoms with Crippen molar-refractivity contribution in [3.8, 4) is 0 Å². The van der Waals surface area contributed by atoms with Crippen LogP contribution in [-0.2, 0) is 4.79 Å². The monoisotopic (exact) mass is 505 g/mol. The van der Waals surface area contributed by atoms with Crippen LogP contribution in [0.15, 0.2) is 46.3 Å². The van der Waals surface area contributed by atoms with Crippen molar-refractivity contribution in [2.24, 2.45) is 4.99 Å². The maximum atomic E-state index is 12.6. The Labute approximate surface area is 207 Å². The molecule has 1 fully saturated rings. The van der Waals surface area contributed by atoms with E-state index in [2.05, 4.69) is 49.0 Å². The number of anilines is 1. The minimum Gasteiger partial charge on any atom is -0.363 e. The lowest BCUT2D eigenvalue weighted by Gasteiger charge is -2.43. The van der Waals surface area contributed by atoms with E-state index in [9.17, 15) is 4.79 Å². The Morgan fingerprint density at radius 1 is 1.19 bits per heavy atom. The van der Waals surface area contributed by atoms with E-state index >= 15 is 0 Å². The molecule has 0 spiro atoms. The fourth-order valence-electron chi connectivity index (χ4n) is 4.11. The van der Waals surface area contributed by atoms with Gasteiger partial charge in [0.1, 0.15) is 0 Å². The van der Waals surface area contributed by atoms with Crippen LogP contribution in [-0.4, -0.2) is 23.2 Å². The van der Waals surface area contributed by atoms with Crippen molar-refractivity contribution in [2.75, 3.05) is 11.4 Å². The molecule has 0 saturated carbocycles. The van der Waals surface area contributed by atoms with Crippen LogP contribution >= 0.6 is 46.6 Å². The summed E-state index contributed by atoms with van der Waals surface area (Å²) in [6, 6.07) is 9.23. The van der Waals surface area contributed by atoms with E-state index in [4.69, 9.17) is 34.8 Å². The van der Waals surface area contributed by atoms with Gasteiger partial charge in [-0.15, -0.1) is 0 Å². The Kier molecular flexibility index (Phi) is 6.38. The van der Waals surface area contributed by atoms with Crippen LogP contribution < -0.4 is 10.2 Å². The zero-order valence-corrected chi connectivity index (χ0v) is 21.2. The van der Waals surface area contributed by atoms with E-state index in [0.717, 1.165) is 23.4 Å². The molecule has 2 aliphatic heterocycles. The number of carbonyl (C=O) groups is 1. The van der Waals surface area contributed by atoms with Gasteiger partial charge < -0.3 is 10.2 Å². The number of amidine groups is 1. The lowest BCUT2D eigenvalue weighted by molar-refractivity contribution is -0.115. The molecule has 32 heavy (non-hydrogen) atoms. The third kappa shape index (κ3) is 4.32. The number of amides is 1. The molecule has 166 valence electrons. The maximum Gasteiger partial charge on any atom is 0.264 e. The van der Waals surface area contributed by atoms with Gasteiger partial charge in [0.25, 0.3) is 5.91 Å². The highest BCUT2D eigenvalue weighted by Crippen LogP contribution is 2.42. The Morgan fingerprint density at radius 3 is 2.66 bits per heavy atom. The molecule has 0 radical (unpaired) electrons. The second kappa shape index (κ2) is 8.79. The lowest BCUT2D eigenvalue weighted by atomic mass is 9.88. The van der Waals surface area contributed by atoms with Crippen LogP contribution in [0.5, 0.6) is 0 Å². The Hall–Kier alpha value is -1.92. The third-order valence-corrected chi connectivity index (χ3v) is 7.55. The highest BCUT2D eigenvalue weighted by atomic mass is 35.5. The standard InChI is InChI=1S/C24H22Cl3N3OS/c1-5-30-19-11-17(26)14(9-15(19)13(2)12-24(30,3)4)10-20-22(31)29-23(32-20)28-18-8-6-7-16(25)21(18)27/h6-12H,5H2,1-4H3,(H,28,29,31)/b20-10+. The third-order valence-electron chi connectivity index (χ3n) is 5.50. The molecule has 2 aromatic rings. The number of rotatable bonds is 3. The fourth-order valence-corrected chi connectivity index (χ4v) is 5.49. The molecule has 4 rings (SSSR count). The highest BCUT2D eigenvalue weighted by Gasteiger charge is 2.31. The molecule has 2 aromatic carbocycles. The number of thioether (sulfide) groups is 1. The van der Waals surface area contributed by atoms with Crippen molar-refractivity contribution in [3.05, 3.63) is 67.5 Å². The Morgan fingerprint density at radius 2 is 1.94 bits per heavy atom. The number of hydrogen-bond donors (Lipinski definition) is 1. The van der Waals surface area contributed by atoms with Crippen LogP contribution in [0.25, 0.3) is 11.6 Å². The Bertz CT molecular complexity index is 1220. The summed E-state index contributed by atoms with van der Waals surface area (Å²) in [5.41, 5.74) is 4.60. The largest absolute Gasteiger partial charge is 0.363 e. The van der Waals surface area contributed by atoms with Gasteiger partial charge in [0, 0.05) is 22.8 Å². The van der Waals surface area contributed by atoms with E-state index in [1.807, 2.05) is 12.1 Å². The molecule has 2 aliphatic rings. The van der Waals surface area contributed by atoms with Crippen molar-refractivity contribution in [1.82, 2.24) is 5.32 Å². The fraction of sp³-hybridized carbons (Fsp3) is 0.250. The summed E-state index contributed by atoms with van der Waals surface area (Å²) < 4.78 is 0. The molecule has 2 heterocycles. The average Bonchev–Trinajstić information content (AvgIpc) is 3.05. The molecule has 0 unspecified atom stereocenters. The van der Waals surface area contributed by atoms with Crippen LogP contribution in [0.4, 0.5) is 11.4 Å². The number of likely N-dealkylation sites (N-methyl/N-ethyl adjacent to an activating group) is 1. The second-order valence-corrected chi connectivity index (χ2v) is 10.4. The predicted molar refractivity (Wildman–Crippen MR) is 139 cm³/mol. The second-order valence-electron chi connectivity index (χ2n) is 8.17. The van der Waals surface area contributed by atoms with Crippen molar-refractivity contribution < 1.29 is 4.79 Å². The smallest absolute Gasteiger partial charge is 0.264 e. The Balaban J connectivity index is 1.69. The maximum absolute atomic E-state index is 12.6. The van der Waals surface area contributed by atoms with E-state index in [0.29, 0.717) is 30.8 Å². The van der Waals surface area contributed by atoms with E-state index in [1.165, 1.54) is 17.3 Å². The van der Waals surface area contributed by atoms with Crippen LogP contribution in [0, 0.1) is 0 Å². The number of fused-ring (bicyclic) bond motifs is 1. The number of allylic oxidation sites excluding steroid dienone is 1. The zero-order chi connectivity index (χ0) is 23.2. The van der Waals surface area contributed by atoms with Crippen molar-refractivity contribution in [1.29, 1.82) is 0 Å². The number of nitrogens with zero attached hydrogens (tertiary/aromatic N) is 2. The SMILES string of the molecule is CCN1c2cc(Cl)c(/C=C3/SC(=Nc4cccc(Cl)c4Cl)NC3=O)cc2C(C)=CC1(C)C. The van der Waals surface area contributed by atoms with Gasteiger partial charge in [0.15, 0.2) is 5.17 Å². The highest BCUT2D eigenvalue weighted by molar-refractivity contribution is 8.18. The number of benzene rings is 2. The van der Waals surface area contributed by atoms with Crippen molar-refractivity contribution >= 4 is 80.7 Å². The first-order valence-electron chi connectivity index (χ1n) is 10.2. The molecule has 0 bridgehead atoms. The zero-order valence-electron chi connectivity index (χ0n) is 18.1. The molecule has 1 saturated heterocycles. The molecular weight excluding hydrogens is 485 g/mol. The van der Waals surface area contributed by atoms with E-state index in [-0.39, 0.29) is 11.4 Å². The number of hydrogen-bond acceptors (Lipinski definition) is 4. The number of carbonyl (C=O) groups excluding carboxylic acids is 1. The molecule has 0 aromatic heterocycles. The molecule has 1 N–H and O–H groups in total. The van der Waals surface area contributed by atoms with Gasteiger partial charge in [-0.05, 0) is 80.9 Å². The molecular formula is C24H22Cl3N3OS. The van der Waals surface area contributed by atoms with Crippen LogP contribution in [0.1, 0.15) is 38.8 Å². The predicted octanol–water partition coefficient (Wildman–Crippen LogP) is 7.56. The topological polar surface area (TPSA) is 44.7 Å². The molecule has 1 amide bonds. The minimum atomic E-state index is -0.232. The molecule has 8 heteroatoms. The summed E-state index contributed by atoms with van der Waals surface area (Å²) >= 11 is 20.2. The van der Waals surface area contributed by atoms with Gasteiger partial charge in [-0.25, -0.2) is 4.99 Å². The average molecular weight is 507 g/mol. The van der Waals surface area contributed by atoms with Crippen molar-refractivity contribution in [2.45, 2.75) is 33.2 Å². The summed E-state index contributed by atoms with van der Waals surface area (Å²) in [4.78, 5) is 19.9. The van der Waals surface area contributed by atoms with E-state index in [1.54, 1.807) is 24.3 Å². The van der Waals surface area contributed by atoms with Gasteiger partial charge in [-0.2, -0.15) is 0 Å². The number of nitrogens with one attached hydrogen (secondary N) is 1. The van der Waals surface area contributed by atoms with Gasteiger partial charge in [0.05, 0.1) is 26.2 Å². The summed E-state index contributed by atoms with van der Waals surface area (Å²) in [5.74, 6) is -0.232. The first kappa shape index (κ1) is 23.2. The summed E-state index contributed by atoms with van der Waals surface area (Å²) in [6.45, 7) is 9.49. The lowest BCUT2D eigenvalue weighted by Crippen LogP contribution is -2.44. The quantitative estimate of drug-likeness (QED) is 0.437. The molecule has 0 aliphatic carbocycles. The van der Waals surface area contributed by atoms with Gasteiger partial charge in [0.2, 0.25) is 0 Å². The molecule has 0 atom stereocenters. The normalized spacial score (nSPS) is 19.9.